The Bertz CT molecular complexity index is 679. The number of nitrogens with one attached hydrogen (secondary N) is 1. The third kappa shape index (κ3) is 2.77. The number of hydrogen-bond acceptors (Lipinski definition) is 5. The molecule has 0 aliphatic rings. The first kappa shape index (κ1) is 11.8. The Morgan fingerprint density at radius 2 is 2.11 bits per heavy atom. The van der Waals surface area contributed by atoms with Crippen molar-refractivity contribution in [1.29, 1.82) is 0 Å². The average molecular weight is 268 g/mol. The molecule has 0 spiro atoms. The molecule has 94 valence electrons. The third-order valence-corrected chi connectivity index (χ3v) is 3.32. The van der Waals surface area contributed by atoms with E-state index in [1.165, 1.54) is 0 Å². The summed E-state index contributed by atoms with van der Waals surface area (Å²) < 4.78 is 0. The van der Waals surface area contributed by atoms with E-state index in [1.54, 1.807) is 23.7 Å². The Morgan fingerprint density at radius 1 is 1.16 bits per heavy atom. The number of pyridine rings is 2. The molecule has 0 saturated heterocycles. The van der Waals surface area contributed by atoms with E-state index in [9.17, 15) is 0 Å². The molecule has 0 unspecified atom stereocenters. The molecule has 0 aliphatic carbocycles. The maximum atomic E-state index is 4.52. The highest BCUT2D eigenvalue weighted by atomic mass is 32.1. The topological polar surface area (TPSA) is 50.7 Å². The molecule has 0 atom stereocenters. The lowest BCUT2D eigenvalue weighted by atomic mass is 10.3. The number of aryl methyl sites for hydroxylation is 1. The number of anilines is 2. The van der Waals surface area contributed by atoms with Gasteiger partial charge in [0.15, 0.2) is 5.13 Å². The van der Waals surface area contributed by atoms with Gasteiger partial charge in [0.1, 0.15) is 5.69 Å². The first-order valence-electron chi connectivity index (χ1n) is 5.87. The fraction of sp³-hybridized carbons (Fsp3) is 0.0714. The normalized spacial score (nSPS) is 10.4. The van der Waals surface area contributed by atoms with Gasteiger partial charge in [-0.25, -0.2) is 4.98 Å². The van der Waals surface area contributed by atoms with Crippen LogP contribution in [0.3, 0.4) is 0 Å². The summed E-state index contributed by atoms with van der Waals surface area (Å²) in [7, 11) is 0. The van der Waals surface area contributed by atoms with Crippen LogP contribution < -0.4 is 5.32 Å². The predicted octanol–water partition coefficient (Wildman–Crippen LogP) is 3.65. The van der Waals surface area contributed by atoms with Gasteiger partial charge in [-0.3, -0.25) is 9.97 Å². The molecule has 0 saturated carbocycles. The van der Waals surface area contributed by atoms with Gasteiger partial charge >= 0.3 is 0 Å². The highest BCUT2D eigenvalue weighted by molar-refractivity contribution is 7.14. The SMILES string of the molecule is Cc1cncc(Nc2nc(-c3ccccn3)cs2)c1. The monoisotopic (exact) mass is 268 g/mol. The van der Waals surface area contributed by atoms with Crippen LogP contribution >= 0.6 is 11.3 Å². The van der Waals surface area contributed by atoms with Crippen molar-refractivity contribution in [3.63, 3.8) is 0 Å². The fourth-order valence-electron chi connectivity index (χ4n) is 1.71. The van der Waals surface area contributed by atoms with E-state index >= 15 is 0 Å². The Kier molecular flexibility index (Phi) is 3.20. The van der Waals surface area contributed by atoms with Gasteiger partial charge in [-0.2, -0.15) is 0 Å². The minimum atomic E-state index is 0.841. The van der Waals surface area contributed by atoms with Crippen LogP contribution in [0.25, 0.3) is 11.4 Å². The molecule has 4 nitrogen and oxygen atoms in total. The lowest BCUT2D eigenvalue weighted by molar-refractivity contribution is 1.25. The average Bonchev–Trinajstić information content (AvgIpc) is 2.88. The van der Waals surface area contributed by atoms with Crippen molar-refractivity contribution >= 4 is 22.2 Å². The van der Waals surface area contributed by atoms with Crippen LogP contribution in [0, 0.1) is 6.92 Å². The molecule has 0 radical (unpaired) electrons. The number of hydrogen-bond donors (Lipinski definition) is 1. The van der Waals surface area contributed by atoms with Gasteiger partial charge in [0, 0.05) is 17.8 Å². The van der Waals surface area contributed by atoms with Crippen molar-refractivity contribution in [2.24, 2.45) is 0 Å². The minimum Gasteiger partial charge on any atom is -0.330 e. The van der Waals surface area contributed by atoms with Gasteiger partial charge in [-0.1, -0.05) is 6.07 Å². The van der Waals surface area contributed by atoms with E-state index in [4.69, 9.17) is 0 Å². The molecule has 5 heteroatoms. The molecule has 0 amide bonds. The van der Waals surface area contributed by atoms with Crippen molar-refractivity contribution in [2.75, 3.05) is 5.32 Å². The molecule has 3 rings (SSSR count). The van der Waals surface area contributed by atoms with E-state index in [0.717, 1.165) is 27.8 Å². The maximum absolute atomic E-state index is 4.52. The summed E-state index contributed by atoms with van der Waals surface area (Å²) in [5.41, 5.74) is 3.83. The molecule has 3 aromatic heterocycles. The van der Waals surface area contributed by atoms with Gasteiger partial charge in [-0.05, 0) is 30.7 Å². The van der Waals surface area contributed by atoms with Gasteiger partial charge < -0.3 is 5.32 Å². The Morgan fingerprint density at radius 3 is 2.89 bits per heavy atom. The molecule has 0 fully saturated rings. The predicted molar refractivity (Wildman–Crippen MR) is 77.6 cm³/mol. The zero-order chi connectivity index (χ0) is 13.1. The van der Waals surface area contributed by atoms with E-state index < -0.39 is 0 Å². The second kappa shape index (κ2) is 5.16. The number of rotatable bonds is 3. The van der Waals surface area contributed by atoms with E-state index in [1.807, 2.05) is 42.8 Å². The van der Waals surface area contributed by atoms with Gasteiger partial charge in [-0.15, -0.1) is 11.3 Å². The molecule has 1 N–H and O–H groups in total. The summed E-state index contributed by atoms with van der Waals surface area (Å²) in [5, 5.41) is 6.09. The maximum Gasteiger partial charge on any atom is 0.187 e. The fourth-order valence-corrected chi connectivity index (χ4v) is 2.43. The van der Waals surface area contributed by atoms with Crippen LogP contribution in [-0.4, -0.2) is 15.0 Å². The van der Waals surface area contributed by atoms with Crippen LogP contribution in [0.4, 0.5) is 10.8 Å². The molecule has 19 heavy (non-hydrogen) atoms. The molecule has 3 aromatic rings. The quantitative estimate of drug-likeness (QED) is 0.787. The van der Waals surface area contributed by atoms with E-state index in [0.29, 0.717) is 0 Å². The molecule has 0 bridgehead atoms. The highest BCUT2D eigenvalue weighted by Gasteiger charge is 2.05. The largest absolute Gasteiger partial charge is 0.330 e. The second-order valence-corrected chi connectivity index (χ2v) is 4.99. The first-order chi connectivity index (χ1) is 9.31. The van der Waals surface area contributed by atoms with E-state index in [-0.39, 0.29) is 0 Å². The molecular formula is C14H12N4S. The molecule has 3 heterocycles. The van der Waals surface area contributed by atoms with Gasteiger partial charge in [0.25, 0.3) is 0 Å². The Hall–Kier alpha value is -2.27. The third-order valence-electron chi connectivity index (χ3n) is 2.56. The minimum absolute atomic E-state index is 0.841. The lowest BCUT2D eigenvalue weighted by Crippen LogP contribution is -1.91. The standard InChI is InChI=1S/C14H12N4S/c1-10-6-11(8-15-7-10)17-14-18-13(9-19-14)12-4-2-3-5-16-12/h2-9H,1H3,(H,17,18). The Balaban J connectivity index is 1.82. The van der Waals surface area contributed by atoms with Crippen molar-refractivity contribution in [2.45, 2.75) is 6.92 Å². The number of thiazole rings is 1. The van der Waals surface area contributed by atoms with Crippen molar-refractivity contribution in [1.82, 2.24) is 15.0 Å². The summed E-state index contributed by atoms with van der Waals surface area (Å²) >= 11 is 1.56. The number of nitrogens with zero attached hydrogens (tertiary/aromatic N) is 3. The molecule has 0 aromatic carbocycles. The summed E-state index contributed by atoms with van der Waals surface area (Å²) in [4.78, 5) is 13.0. The summed E-state index contributed by atoms with van der Waals surface area (Å²) in [6.07, 6.45) is 5.38. The van der Waals surface area contributed by atoms with Crippen LogP contribution in [-0.2, 0) is 0 Å². The molecule has 0 aliphatic heterocycles. The summed E-state index contributed by atoms with van der Waals surface area (Å²) in [6, 6.07) is 7.84. The smallest absolute Gasteiger partial charge is 0.187 e. The zero-order valence-electron chi connectivity index (χ0n) is 10.4. The van der Waals surface area contributed by atoms with Crippen LogP contribution in [0.2, 0.25) is 0 Å². The van der Waals surface area contributed by atoms with E-state index in [2.05, 4.69) is 20.3 Å². The van der Waals surface area contributed by atoms with Crippen molar-refractivity contribution in [3.8, 4) is 11.4 Å². The van der Waals surface area contributed by atoms with Gasteiger partial charge in [0.05, 0.1) is 17.6 Å². The molecular weight excluding hydrogens is 256 g/mol. The highest BCUT2D eigenvalue weighted by Crippen LogP contribution is 2.25. The summed E-state index contributed by atoms with van der Waals surface area (Å²) in [6.45, 7) is 2.01. The second-order valence-electron chi connectivity index (χ2n) is 4.13. The van der Waals surface area contributed by atoms with Crippen LogP contribution in [0.1, 0.15) is 5.56 Å². The zero-order valence-corrected chi connectivity index (χ0v) is 11.2. The van der Waals surface area contributed by atoms with Gasteiger partial charge in [0.2, 0.25) is 0 Å². The number of aromatic nitrogens is 3. The van der Waals surface area contributed by atoms with Crippen molar-refractivity contribution in [3.05, 3.63) is 53.8 Å². The van der Waals surface area contributed by atoms with Crippen LogP contribution in [0.15, 0.2) is 48.2 Å². The van der Waals surface area contributed by atoms with Crippen LogP contribution in [0.5, 0.6) is 0 Å². The Labute approximate surface area is 115 Å². The first-order valence-corrected chi connectivity index (χ1v) is 6.75. The van der Waals surface area contributed by atoms with Crippen molar-refractivity contribution < 1.29 is 0 Å². The summed E-state index contributed by atoms with van der Waals surface area (Å²) in [5.74, 6) is 0. The lowest BCUT2D eigenvalue weighted by Gasteiger charge is -2.02.